The molecule has 0 saturated heterocycles. The molecule has 1 aromatic carbocycles. The highest BCUT2D eigenvalue weighted by atomic mass is 79.9. The van der Waals surface area contributed by atoms with E-state index in [1.165, 1.54) is 11.3 Å². The second-order valence-electron chi connectivity index (χ2n) is 4.47. The van der Waals surface area contributed by atoms with Gasteiger partial charge in [0.05, 0.1) is 0 Å². The number of aryl methyl sites for hydroxylation is 1. The summed E-state index contributed by atoms with van der Waals surface area (Å²) in [5.41, 5.74) is 0.926. The monoisotopic (exact) mass is 373 g/mol. The third kappa shape index (κ3) is 3.69. The summed E-state index contributed by atoms with van der Waals surface area (Å²) in [6, 6.07) is 10.9. The van der Waals surface area contributed by atoms with Gasteiger partial charge in [-0.05, 0) is 43.2 Å². The first-order chi connectivity index (χ1) is 9.42. The molecule has 1 N–H and O–H groups in total. The van der Waals surface area contributed by atoms with Crippen LogP contribution >= 0.6 is 27.3 Å². The van der Waals surface area contributed by atoms with Gasteiger partial charge in [-0.25, -0.2) is 13.1 Å². The van der Waals surface area contributed by atoms with E-state index in [2.05, 4.69) is 20.7 Å². The van der Waals surface area contributed by atoms with Crippen LogP contribution < -0.4 is 4.72 Å². The van der Waals surface area contributed by atoms with Gasteiger partial charge in [-0.15, -0.1) is 11.3 Å². The molecule has 0 aliphatic rings. The molecule has 0 saturated carbocycles. The normalized spacial score (nSPS) is 13.3. The van der Waals surface area contributed by atoms with Gasteiger partial charge in [0, 0.05) is 15.4 Å². The van der Waals surface area contributed by atoms with Crippen molar-refractivity contribution in [1.82, 2.24) is 4.72 Å². The number of nitrogens with one attached hydrogen (secondary N) is 1. The van der Waals surface area contributed by atoms with E-state index >= 15 is 0 Å². The first kappa shape index (κ1) is 15.7. The summed E-state index contributed by atoms with van der Waals surface area (Å²) in [7, 11) is -3.46. The number of halogens is 1. The minimum Gasteiger partial charge on any atom is -0.206 e. The predicted molar refractivity (Wildman–Crippen MR) is 86.6 cm³/mol. The van der Waals surface area contributed by atoms with Crippen LogP contribution in [0, 0.1) is 0 Å². The molecule has 0 aliphatic heterocycles. The fourth-order valence-corrected chi connectivity index (χ4v) is 4.79. The van der Waals surface area contributed by atoms with E-state index in [1.807, 2.05) is 44.2 Å². The van der Waals surface area contributed by atoms with Crippen LogP contribution in [0.3, 0.4) is 0 Å². The van der Waals surface area contributed by atoms with Crippen molar-refractivity contribution in [3.8, 4) is 0 Å². The molecule has 2 rings (SSSR count). The lowest BCUT2D eigenvalue weighted by molar-refractivity contribution is 0.569. The zero-order chi connectivity index (χ0) is 14.8. The van der Waals surface area contributed by atoms with Crippen molar-refractivity contribution in [3.05, 3.63) is 51.3 Å². The van der Waals surface area contributed by atoms with Crippen molar-refractivity contribution in [1.29, 1.82) is 0 Å². The summed E-state index contributed by atoms with van der Waals surface area (Å²) >= 11 is 4.71. The molecule has 0 fully saturated rings. The van der Waals surface area contributed by atoms with Gasteiger partial charge in [0.1, 0.15) is 4.21 Å². The number of hydrogen-bond acceptors (Lipinski definition) is 3. The summed E-state index contributed by atoms with van der Waals surface area (Å²) in [5, 5.41) is 0. The van der Waals surface area contributed by atoms with Crippen LogP contribution in [0.1, 0.15) is 30.3 Å². The highest BCUT2D eigenvalue weighted by molar-refractivity contribution is 9.10. The highest BCUT2D eigenvalue weighted by Gasteiger charge is 2.20. The van der Waals surface area contributed by atoms with Crippen LogP contribution in [0.25, 0.3) is 0 Å². The fraction of sp³-hybridized carbons (Fsp3) is 0.286. The summed E-state index contributed by atoms with van der Waals surface area (Å²) < 4.78 is 28.7. The first-order valence-electron chi connectivity index (χ1n) is 6.29. The molecule has 2 aromatic rings. The number of rotatable bonds is 5. The van der Waals surface area contributed by atoms with E-state index in [0.29, 0.717) is 4.21 Å². The van der Waals surface area contributed by atoms with Crippen LogP contribution in [0.4, 0.5) is 0 Å². The quantitative estimate of drug-likeness (QED) is 0.856. The largest absolute Gasteiger partial charge is 0.250 e. The van der Waals surface area contributed by atoms with E-state index in [4.69, 9.17) is 0 Å². The summed E-state index contributed by atoms with van der Waals surface area (Å²) in [6.45, 7) is 3.85. The summed E-state index contributed by atoms with van der Waals surface area (Å²) in [4.78, 5) is 1.07. The molecule has 1 unspecified atom stereocenters. The van der Waals surface area contributed by atoms with E-state index in [1.54, 1.807) is 6.07 Å². The van der Waals surface area contributed by atoms with Gasteiger partial charge in [0.15, 0.2) is 0 Å². The number of sulfonamides is 1. The highest BCUT2D eigenvalue weighted by Crippen LogP contribution is 2.24. The van der Waals surface area contributed by atoms with E-state index in [-0.39, 0.29) is 6.04 Å². The molecule has 1 atom stereocenters. The maximum atomic E-state index is 12.3. The Morgan fingerprint density at radius 2 is 2.05 bits per heavy atom. The lowest BCUT2D eigenvalue weighted by Crippen LogP contribution is -2.26. The maximum absolute atomic E-state index is 12.3. The van der Waals surface area contributed by atoms with Gasteiger partial charge >= 0.3 is 0 Å². The standard InChI is InChI=1S/C14H16BrNO2S2/c1-3-13-7-8-14(19-13)20(17,18)16-10(2)11-5-4-6-12(15)9-11/h4-10,16H,3H2,1-2H3. The molecule has 108 valence electrons. The van der Waals surface area contributed by atoms with Gasteiger partial charge in [-0.2, -0.15) is 0 Å². The Morgan fingerprint density at radius 3 is 2.65 bits per heavy atom. The van der Waals surface area contributed by atoms with Gasteiger partial charge in [-0.1, -0.05) is 35.0 Å². The Balaban J connectivity index is 2.19. The Kier molecular flexibility index (Phi) is 5.01. The van der Waals surface area contributed by atoms with Crippen LogP contribution in [-0.4, -0.2) is 8.42 Å². The molecule has 0 radical (unpaired) electrons. The van der Waals surface area contributed by atoms with Crippen LogP contribution in [-0.2, 0) is 16.4 Å². The SMILES string of the molecule is CCc1ccc(S(=O)(=O)NC(C)c2cccc(Br)c2)s1. The Bertz CT molecular complexity index is 695. The van der Waals surface area contributed by atoms with Crippen LogP contribution in [0.15, 0.2) is 45.1 Å². The molecule has 3 nitrogen and oxygen atoms in total. The predicted octanol–water partition coefficient (Wildman–Crippen LogP) is 4.11. The van der Waals surface area contributed by atoms with Crippen molar-refractivity contribution in [2.45, 2.75) is 30.5 Å². The first-order valence-corrected chi connectivity index (χ1v) is 9.38. The van der Waals surface area contributed by atoms with Crippen molar-refractivity contribution in [2.75, 3.05) is 0 Å². The topological polar surface area (TPSA) is 46.2 Å². The van der Waals surface area contributed by atoms with Crippen molar-refractivity contribution in [3.63, 3.8) is 0 Å². The third-order valence-corrected chi connectivity index (χ3v) is 6.69. The molecule has 0 amide bonds. The van der Waals surface area contributed by atoms with Crippen molar-refractivity contribution in [2.24, 2.45) is 0 Å². The molecular formula is C14H16BrNO2S2. The maximum Gasteiger partial charge on any atom is 0.250 e. The average Bonchev–Trinajstić information content (AvgIpc) is 2.87. The zero-order valence-electron chi connectivity index (χ0n) is 11.3. The minimum atomic E-state index is -3.46. The second kappa shape index (κ2) is 6.39. The molecule has 6 heteroatoms. The molecular weight excluding hydrogens is 358 g/mol. The van der Waals surface area contributed by atoms with Crippen LogP contribution in [0.5, 0.6) is 0 Å². The number of hydrogen-bond donors (Lipinski definition) is 1. The smallest absolute Gasteiger partial charge is 0.206 e. The van der Waals surface area contributed by atoms with E-state index in [9.17, 15) is 8.42 Å². The molecule has 1 aromatic heterocycles. The van der Waals surface area contributed by atoms with Crippen molar-refractivity contribution >= 4 is 37.3 Å². The lowest BCUT2D eigenvalue weighted by Gasteiger charge is -2.14. The van der Waals surface area contributed by atoms with Gasteiger partial charge in [0.2, 0.25) is 0 Å². The molecule has 0 aliphatic carbocycles. The number of thiophene rings is 1. The second-order valence-corrected chi connectivity index (χ2v) is 8.50. The van der Waals surface area contributed by atoms with Crippen LogP contribution in [0.2, 0.25) is 0 Å². The Morgan fingerprint density at radius 1 is 1.30 bits per heavy atom. The molecule has 0 bridgehead atoms. The van der Waals surface area contributed by atoms with Crippen molar-refractivity contribution < 1.29 is 8.42 Å². The Labute approximate surface area is 132 Å². The molecule has 0 spiro atoms. The summed E-state index contributed by atoms with van der Waals surface area (Å²) in [5.74, 6) is 0. The summed E-state index contributed by atoms with van der Waals surface area (Å²) in [6.07, 6.45) is 0.849. The lowest BCUT2D eigenvalue weighted by atomic mass is 10.1. The van der Waals surface area contributed by atoms with E-state index in [0.717, 1.165) is 21.3 Å². The number of benzene rings is 1. The van der Waals surface area contributed by atoms with Gasteiger partial charge in [0.25, 0.3) is 10.0 Å². The van der Waals surface area contributed by atoms with Gasteiger partial charge in [-0.3, -0.25) is 0 Å². The minimum absolute atomic E-state index is 0.273. The average molecular weight is 374 g/mol. The Hall–Kier alpha value is -0.690. The molecule has 1 heterocycles. The fourth-order valence-electron chi connectivity index (χ4n) is 1.83. The third-order valence-electron chi connectivity index (χ3n) is 2.93. The van der Waals surface area contributed by atoms with Gasteiger partial charge < -0.3 is 0 Å². The zero-order valence-corrected chi connectivity index (χ0v) is 14.5. The van der Waals surface area contributed by atoms with E-state index < -0.39 is 10.0 Å². The molecule has 20 heavy (non-hydrogen) atoms.